The van der Waals surface area contributed by atoms with E-state index in [9.17, 15) is 13.2 Å². The molecule has 0 bridgehead atoms. The number of methoxy groups -OCH3 is 1. The van der Waals surface area contributed by atoms with E-state index in [4.69, 9.17) is 9.26 Å². The van der Waals surface area contributed by atoms with E-state index in [-0.39, 0.29) is 41.5 Å². The number of nitrogens with one attached hydrogen (secondary N) is 2. The van der Waals surface area contributed by atoms with Crippen LogP contribution < -0.4 is 4.72 Å². The quantitative estimate of drug-likeness (QED) is 0.612. The van der Waals surface area contributed by atoms with E-state index in [1.165, 1.54) is 19.4 Å². The predicted octanol–water partition coefficient (Wildman–Crippen LogP) is 1.47. The summed E-state index contributed by atoms with van der Waals surface area (Å²) in [5.41, 5.74) is 0.247. The summed E-state index contributed by atoms with van der Waals surface area (Å²) in [6.07, 6.45) is 2.78. The highest BCUT2D eigenvalue weighted by Gasteiger charge is 2.29. The standard InChI is InChI=1S/C18H27N5O5S/c1-12(2)17-21-16(22-28-17)13-4-7-23(8-5-13)18(24)15-10-14(11-19-15)29(25,26)20-6-9-27-3/h10-13,19-20H,4-9H2,1-3H3. The molecule has 3 rings (SSSR count). The van der Waals surface area contributed by atoms with Gasteiger partial charge in [-0.05, 0) is 18.9 Å². The highest BCUT2D eigenvalue weighted by Crippen LogP contribution is 2.28. The van der Waals surface area contributed by atoms with Gasteiger partial charge in [0.25, 0.3) is 5.91 Å². The van der Waals surface area contributed by atoms with Crippen LogP contribution in [0, 0.1) is 0 Å². The lowest BCUT2D eigenvalue weighted by Crippen LogP contribution is -2.38. The number of hydrogen-bond donors (Lipinski definition) is 2. The first-order valence-electron chi connectivity index (χ1n) is 9.61. The van der Waals surface area contributed by atoms with Crippen LogP contribution in [0.3, 0.4) is 0 Å². The van der Waals surface area contributed by atoms with Crippen molar-refractivity contribution in [2.75, 3.05) is 33.4 Å². The smallest absolute Gasteiger partial charge is 0.270 e. The number of piperidine rings is 1. The molecule has 1 aliphatic heterocycles. The van der Waals surface area contributed by atoms with Crippen molar-refractivity contribution in [3.63, 3.8) is 0 Å². The zero-order chi connectivity index (χ0) is 21.0. The molecule has 160 valence electrons. The molecule has 3 heterocycles. The molecule has 0 aliphatic carbocycles. The summed E-state index contributed by atoms with van der Waals surface area (Å²) in [5.74, 6) is 1.42. The molecule has 0 saturated carbocycles. The molecule has 2 N–H and O–H groups in total. The van der Waals surface area contributed by atoms with Crippen molar-refractivity contribution in [2.45, 2.75) is 43.4 Å². The van der Waals surface area contributed by atoms with Crippen molar-refractivity contribution in [3.8, 4) is 0 Å². The van der Waals surface area contributed by atoms with Gasteiger partial charge in [-0.25, -0.2) is 13.1 Å². The van der Waals surface area contributed by atoms with Gasteiger partial charge < -0.3 is 19.1 Å². The zero-order valence-corrected chi connectivity index (χ0v) is 17.7. The van der Waals surface area contributed by atoms with Crippen LogP contribution in [0.4, 0.5) is 0 Å². The molecule has 11 heteroatoms. The third-order valence-electron chi connectivity index (χ3n) is 4.89. The Labute approximate surface area is 170 Å². The second-order valence-corrected chi connectivity index (χ2v) is 9.12. The molecule has 2 aromatic rings. The average Bonchev–Trinajstić information content (AvgIpc) is 3.38. The van der Waals surface area contributed by atoms with Gasteiger partial charge in [0.2, 0.25) is 15.9 Å². The number of aromatic amines is 1. The second kappa shape index (κ2) is 9.06. The number of carbonyl (C=O) groups is 1. The van der Waals surface area contributed by atoms with Crippen LogP contribution in [0.5, 0.6) is 0 Å². The van der Waals surface area contributed by atoms with Crippen LogP contribution in [0.25, 0.3) is 0 Å². The Bertz CT molecular complexity index is 928. The normalized spacial score (nSPS) is 15.9. The Morgan fingerprint density at radius 1 is 1.41 bits per heavy atom. The van der Waals surface area contributed by atoms with Crippen LogP contribution >= 0.6 is 0 Å². The number of ether oxygens (including phenoxy) is 1. The van der Waals surface area contributed by atoms with Crippen molar-refractivity contribution in [1.29, 1.82) is 0 Å². The van der Waals surface area contributed by atoms with Crippen molar-refractivity contribution in [2.24, 2.45) is 0 Å². The number of aromatic nitrogens is 3. The molecule has 0 aromatic carbocycles. The van der Waals surface area contributed by atoms with E-state index in [2.05, 4.69) is 19.8 Å². The third-order valence-corrected chi connectivity index (χ3v) is 6.33. The maximum Gasteiger partial charge on any atom is 0.270 e. The number of amides is 1. The Kier molecular flexibility index (Phi) is 6.70. The minimum atomic E-state index is -3.68. The van der Waals surface area contributed by atoms with Gasteiger partial charge in [-0.1, -0.05) is 19.0 Å². The van der Waals surface area contributed by atoms with E-state index in [0.29, 0.717) is 24.8 Å². The number of likely N-dealkylation sites (tertiary alicyclic amines) is 1. The molecule has 0 atom stereocenters. The highest BCUT2D eigenvalue weighted by molar-refractivity contribution is 7.89. The van der Waals surface area contributed by atoms with Gasteiger partial charge in [0.05, 0.1) is 6.61 Å². The van der Waals surface area contributed by atoms with Gasteiger partial charge in [-0.2, -0.15) is 4.98 Å². The third kappa shape index (κ3) is 5.03. The molecule has 1 aliphatic rings. The van der Waals surface area contributed by atoms with Gasteiger partial charge in [-0.3, -0.25) is 4.79 Å². The van der Waals surface area contributed by atoms with Crippen LogP contribution in [0.1, 0.15) is 60.7 Å². The molecule has 1 amide bonds. The Balaban J connectivity index is 1.59. The molecule has 0 unspecified atom stereocenters. The topological polar surface area (TPSA) is 130 Å². The van der Waals surface area contributed by atoms with Crippen LogP contribution in [-0.2, 0) is 14.8 Å². The lowest BCUT2D eigenvalue weighted by atomic mass is 9.96. The van der Waals surface area contributed by atoms with Gasteiger partial charge in [0.15, 0.2) is 5.82 Å². The molecule has 0 spiro atoms. The monoisotopic (exact) mass is 425 g/mol. The fourth-order valence-corrected chi connectivity index (χ4v) is 4.18. The summed E-state index contributed by atoms with van der Waals surface area (Å²) >= 11 is 0. The summed E-state index contributed by atoms with van der Waals surface area (Å²) in [7, 11) is -2.19. The maximum absolute atomic E-state index is 12.7. The second-order valence-electron chi connectivity index (χ2n) is 7.35. The van der Waals surface area contributed by atoms with E-state index in [1.54, 1.807) is 4.90 Å². The number of hydrogen-bond acceptors (Lipinski definition) is 7. The molecule has 2 aromatic heterocycles. The van der Waals surface area contributed by atoms with Gasteiger partial charge in [-0.15, -0.1) is 0 Å². The lowest BCUT2D eigenvalue weighted by Gasteiger charge is -2.30. The minimum Gasteiger partial charge on any atom is -0.383 e. The summed E-state index contributed by atoms with van der Waals surface area (Å²) in [6, 6.07) is 1.36. The zero-order valence-electron chi connectivity index (χ0n) is 16.8. The first-order valence-corrected chi connectivity index (χ1v) is 11.1. The Morgan fingerprint density at radius 2 is 2.14 bits per heavy atom. The Hall–Kier alpha value is -2.24. The summed E-state index contributed by atoms with van der Waals surface area (Å²) in [5, 5.41) is 4.07. The SMILES string of the molecule is COCCNS(=O)(=O)c1c[nH]c(C(=O)N2CCC(c3noc(C(C)C)n3)CC2)c1. The first kappa shape index (κ1) is 21.5. The summed E-state index contributed by atoms with van der Waals surface area (Å²) in [4.78, 5) is 21.7. The maximum atomic E-state index is 12.7. The average molecular weight is 426 g/mol. The van der Waals surface area contributed by atoms with Crippen LogP contribution in [0.15, 0.2) is 21.7 Å². The van der Waals surface area contributed by atoms with E-state index in [0.717, 1.165) is 12.8 Å². The van der Waals surface area contributed by atoms with Crippen molar-refractivity contribution < 1.29 is 22.5 Å². The molecule has 1 saturated heterocycles. The first-order chi connectivity index (χ1) is 13.8. The Morgan fingerprint density at radius 3 is 2.76 bits per heavy atom. The molecule has 1 fully saturated rings. The summed E-state index contributed by atoms with van der Waals surface area (Å²) in [6.45, 7) is 5.51. The molecule has 0 radical (unpaired) electrons. The van der Waals surface area contributed by atoms with Crippen LogP contribution in [0.2, 0.25) is 0 Å². The van der Waals surface area contributed by atoms with Gasteiger partial charge in [0, 0.05) is 44.8 Å². The number of nitrogens with zero attached hydrogens (tertiary/aromatic N) is 3. The lowest BCUT2D eigenvalue weighted by molar-refractivity contribution is 0.0705. The summed E-state index contributed by atoms with van der Waals surface area (Å²) < 4.78 is 37.0. The van der Waals surface area contributed by atoms with Crippen LogP contribution in [-0.4, -0.2) is 67.7 Å². The van der Waals surface area contributed by atoms with Gasteiger partial charge >= 0.3 is 0 Å². The van der Waals surface area contributed by atoms with E-state index >= 15 is 0 Å². The van der Waals surface area contributed by atoms with Crippen molar-refractivity contribution >= 4 is 15.9 Å². The molecule has 10 nitrogen and oxygen atoms in total. The van der Waals surface area contributed by atoms with E-state index in [1.807, 2.05) is 13.8 Å². The predicted molar refractivity (Wildman–Crippen MR) is 104 cm³/mol. The fourth-order valence-electron chi connectivity index (χ4n) is 3.17. The van der Waals surface area contributed by atoms with Crippen molar-refractivity contribution in [1.82, 2.24) is 24.7 Å². The van der Waals surface area contributed by atoms with Crippen molar-refractivity contribution in [3.05, 3.63) is 29.7 Å². The molecular weight excluding hydrogens is 398 g/mol. The van der Waals surface area contributed by atoms with Gasteiger partial charge in [0.1, 0.15) is 10.6 Å². The minimum absolute atomic E-state index is 0.0276. The highest BCUT2D eigenvalue weighted by atomic mass is 32.2. The molecular formula is C18H27N5O5S. The molecule has 29 heavy (non-hydrogen) atoms. The fraction of sp³-hybridized carbons (Fsp3) is 0.611. The number of sulfonamides is 1. The van der Waals surface area contributed by atoms with E-state index < -0.39 is 10.0 Å². The number of carbonyl (C=O) groups excluding carboxylic acids is 1. The number of rotatable bonds is 8. The number of H-pyrrole nitrogens is 1. The largest absolute Gasteiger partial charge is 0.383 e.